The minimum Gasteiger partial charge on any atom is -0.367 e. The smallest absolute Gasteiger partial charge is 0.251 e. The Morgan fingerprint density at radius 2 is 1.46 bits per heavy atom. The average Bonchev–Trinajstić information content (AvgIpc) is 3.39. The van der Waals surface area contributed by atoms with Gasteiger partial charge in [0.15, 0.2) is 0 Å². The van der Waals surface area contributed by atoms with Gasteiger partial charge in [-0.05, 0) is 48.6 Å². The van der Waals surface area contributed by atoms with Gasteiger partial charge in [0.2, 0.25) is 5.91 Å². The summed E-state index contributed by atoms with van der Waals surface area (Å²) < 4.78 is 0. The Labute approximate surface area is 219 Å². The number of benzene rings is 3. The first-order valence-electron chi connectivity index (χ1n) is 13.7. The summed E-state index contributed by atoms with van der Waals surface area (Å²) in [6.45, 7) is 0.759. The molecule has 5 nitrogen and oxygen atoms in total. The third-order valence-corrected chi connectivity index (χ3v) is 8.76. The lowest BCUT2D eigenvalue weighted by Gasteiger charge is -2.46. The van der Waals surface area contributed by atoms with Crippen LogP contribution in [-0.2, 0) is 4.79 Å². The summed E-state index contributed by atoms with van der Waals surface area (Å²) in [7, 11) is 2.19. The molecule has 0 unspecified atom stereocenters. The average molecular weight is 494 g/mol. The molecular formula is C32H35N3O2. The van der Waals surface area contributed by atoms with Gasteiger partial charge < -0.3 is 15.1 Å². The Morgan fingerprint density at radius 1 is 0.784 bits per heavy atom. The second-order valence-electron chi connectivity index (χ2n) is 10.8. The third kappa shape index (κ3) is 4.30. The molecule has 5 atom stereocenters. The van der Waals surface area contributed by atoms with Crippen molar-refractivity contribution < 1.29 is 9.59 Å². The standard InChI is InChI=1S/C32H35N3O2/c1-34-28-19-11-9-17-25(28)30-26(29(34)22-12-4-2-5-13-22)20-21-35(30)32(37)24-16-8-10-18-27(24)33-31(36)23-14-6-3-7-15-23/h2-7,9,11-15,17,19,24,26-27,29-30H,8,10,16,18,20-21H2,1H3,(H,33,36)/t24-,26-,27+,29+,30+/m0/s1. The van der Waals surface area contributed by atoms with Gasteiger partial charge in [0.1, 0.15) is 0 Å². The molecule has 0 spiro atoms. The fraction of sp³-hybridized carbons (Fsp3) is 0.375. The van der Waals surface area contributed by atoms with Crippen molar-refractivity contribution in [1.82, 2.24) is 10.2 Å². The van der Waals surface area contributed by atoms with E-state index in [2.05, 4.69) is 76.8 Å². The van der Waals surface area contributed by atoms with Crippen LogP contribution in [0.4, 0.5) is 5.69 Å². The van der Waals surface area contributed by atoms with Crippen molar-refractivity contribution in [2.24, 2.45) is 11.8 Å². The molecule has 3 aromatic carbocycles. The summed E-state index contributed by atoms with van der Waals surface area (Å²) in [5, 5.41) is 3.23. The van der Waals surface area contributed by atoms with Crippen molar-refractivity contribution in [3.05, 3.63) is 102 Å². The van der Waals surface area contributed by atoms with Gasteiger partial charge in [0.25, 0.3) is 5.91 Å². The van der Waals surface area contributed by atoms with Crippen LogP contribution in [0.2, 0.25) is 0 Å². The second-order valence-corrected chi connectivity index (χ2v) is 10.8. The Bertz CT molecular complexity index is 1260. The monoisotopic (exact) mass is 493 g/mol. The number of likely N-dealkylation sites (tertiary alicyclic amines) is 1. The van der Waals surface area contributed by atoms with Crippen LogP contribution in [0.1, 0.15) is 65.7 Å². The van der Waals surface area contributed by atoms with Crippen LogP contribution in [-0.4, -0.2) is 36.3 Å². The molecule has 2 heterocycles. The summed E-state index contributed by atoms with van der Waals surface area (Å²) in [5.74, 6) is 0.268. The number of hydrogen-bond acceptors (Lipinski definition) is 3. The summed E-state index contributed by atoms with van der Waals surface area (Å²) in [6.07, 6.45) is 4.72. The van der Waals surface area contributed by atoms with Gasteiger partial charge in [0, 0.05) is 36.8 Å². The number of rotatable bonds is 4. The van der Waals surface area contributed by atoms with E-state index in [0.29, 0.717) is 11.5 Å². The van der Waals surface area contributed by atoms with Gasteiger partial charge in [0.05, 0.1) is 18.0 Å². The number of amides is 2. The Balaban J connectivity index is 1.30. The fourth-order valence-corrected chi connectivity index (χ4v) is 7.06. The number of carbonyl (C=O) groups is 2. The van der Waals surface area contributed by atoms with Crippen molar-refractivity contribution in [2.45, 2.75) is 50.2 Å². The zero-order chi connectivity index (χ0) is 25.4. The summed E-state index contributed by atoms with van der Waals surface area (Å²) in [5.41, 5.74) is 4.40. The molecule has 0 bridgehead atoms. The molecular weight excluding hydrogens is 458 g/mol. The Hall–Kier alpha value is -3.60. The third-order valence-electron chi connectivity index (χ3n) is 8.76. The van der Waals surface area contributed by atoms with Gasteiger partial charge in [-0.15, -0.1) is 0 Å². The molecule has 3 aliphatic rings. The lowest BCUT2D eigenvalue weighted by Crippen LogP contribution is -2.50. The zero-order valence-corrected chi connectivity index (χ0v) is 21.4. The van der Waals surface area contributed by atoms with Gasteiger partial charge in [-0.1, -0.05) is 79.6 Å². The van der Waals surface area contributed by atoms with Crippen LogP contribution >= 0.6 is 0 Å². The highest BCUT2D eigenvalue weighted by molar-refractivity contribution is 5.95. The van der Waals surface area contributed by atoms with Gasteiger partial charge in [-0.3, -0.25) is 9.59 Å². The number of hydrogen-bond donors (Lipinski definition) is 1. The number of nitrogens with one attached hydrogen (secondary N) is 1. The van der Waals surface area contributed by atoms with Gasteiger partial charge in [-0.2, -0.15) is 0 Å². The summed E-state index contributed by atoms with van der Waals surface area (Å²) in [6, 6.07) is 28.8. The molecule has 3 aromatic rings. The summed E-state index contributed by atoms with van der Waals surface area (Å²) in [4.78, 5) is 31.8. The van der Waals surface area contributed by atoms with Crippen LogP contribution in [0.15, 0.2) is 84.9 Å². The topological polar surface area (TPSA) is 52.6 Å². The van der Waals surface area contributed by atoms with Crippen LogP contribution in [0.25, 0.3) is 0 Å². The minimum absolute atomic E-state index is 0.0532. The lowest BCUT2D eigenvalue weighted by atomic mass is 9.78. The first-order valence-corrected chi connectivity index (χ1v) is 13.7. The largest absolute Gasteiger partial charge is 0.367 e. The van der Waals surface area contributed by atoms with Crippen LogP contribution in [0, 0.1) is 11.8 Å². The molecule has 2 fully saturated rings. The normalized spacial score (nSPS) is 26.8. The van der Waals surface area contributed by atoms with Crippen molar-refractivity contribution in [3.63, 3.8) is 0 Å². The minimum atomic E-state index is -0.179. The number of anilines is 1. The first-order chi connectivity index (χ1) is 18.1. The molecule has 1 saturated carbocycles. The van der Waals surface area contributed by atoms with E-state index in [1.54, 1.807) is 0 Å². The van der Waals surface area contributed by atoms with E-state index in [4.69, 9.17) is 0 Å². The quantitative estimate of drug-likeness (QED) is 0.503. The van der Waals surface area contributed by atoms with E-state index in [1.165, 1.54) is 16.8 Å². The van der Waals surface area contributed by atoms with Crippen molar-refractivity contribution >= 4 is 17.5 Å². The number of carbonyl (C=O) groups excluding carboxylic acids is 2. The van der Waals surface area contributed by atoms with E-state index in [1.807, 2.05) is 30.3 Å². The van der Waals surface area contributed by atoms with E-state index in [9.17, 15) is 9.59 Å². The predicted octanol–water partition coefficient (Wildman–Crippen LogP) is 5.76. The molecule has 6 rings (SSSR count). The Kier molecular flexibility index (Phi) is 6.45. The predicted molar refractivity (Wildman–Crippen MR) is 146 cm³/mol. The molecule has 0 radical (unpaired) electrons. The number of para-hydroxylation sites is 1. The highest BCUT2D eigenvalue weighted by Crippen LogP contribution is 2.54. The van der Waals surface area contributed by atoms with E-state index in [0.717, 1.165) is 38.6 Å². The highest BCUT2D eigenvalue weighted by atomic mass is 16.2. The number of fused-ring (bicyclic) bond motifs is 3. The van der Waals surface area contributed by atoms with Gasteiger partial charge in [-0.25, -0.2) is 0 Å². The zero-order valence-electron chi connectivity index (χ0n) is 21.4. The molecule has 190 valence electrons. The molecule has 2 aliphatic heterocycles. The molecule has 1 N–H and O–H groups in total. The molecule has 5 heteroatoms. The van der Waals surface area contributed by atoms with Crippen LogP contribution in [0.3, 0.4) is 0 Å². The molecule has 37 heavy (non-hydrogen) atoms. The van der Waals surface area contributed by atoms with E-state index in [-0.39, 0.29) is 35.9 Å². The first kappa shape index (κ1) is 23.8. The van der Waals surface area contributed by atoms with Crippen molar-refractivity contribution in [3.8, 4) is 0 Å². The van der Waals surface area contributed by atoms with Gasteiger partial charge >= 0.3 is 0 Å². The molecule has 2 amide bonds. The maximum Gasteiger partial charge on any atom is 0.251 e. The van der Waals surface area contributed by atoms with Crippen molar-refractivity contribution in [1.29, 1.82) is 0 Å². The maximum absolute atomic E-state index is 14.3. The number of nitrogens with zero attached hydrogens (tertiary/aromatic N) is 2. The second kappa shape index (κ2) is 10.0. The highest BCUT2D eigenvalue weighted by Gasteiger charge is 2.50. The molecule has 1 saturated heterocycles. The fourth-order valence-electron chi connectivity index (χ4n) is 7.06. The molecule has 1 aliphatic carbocycles. The lowest BCUT2D eigenvalue weighted by molar-refractivity contribution is -0.139. The molecule has 0 aromatic heterocycles. The summed E-state index contributed by atoms with van der Waals surface area (Å²) >= 11 is 0. The SMILES string of the molecule is CN1c2ccccc2[C@@H]2[C@@H](CCN2C(=O)[C@H]2CCCC[C@H]2NC(=O)c2ccccc2)[C@H]1c1ccccc1. The van der Waals surface area contributed by atoms with Crippen LogP contribution < -0.4 is 10.2 Å². The maximum atomic E-state index is 14.3. The Morgan fingerprint density at radius 3 is 2.24 bits per heavy atom. The van der Waals surface area contributed by atoms with Crippen LogP contribution in [0.5, 0.6) is 0 Å². The van der Waals surface area contributed by atoms with Crippen molar-refractivity contribution in [2.75, 3.05) is 18.5 Å². The van der Waals surface area contributed by atoms with E-state index < -0.39 is 0 Å². The van der Waals surface area contributed by atoms with E-state index >= 15 is 0 Å².